The largest absolute Gasteiger partial charge is 0.478 e. The smallest absolute Gasteiger partial charge is 0.337 e. The van der Waals surface area contributed by atoms with E-state index in [2.05, 4.69) is 4.84 Å². The van der Waals surface area contributed by atoms with Crippen LogP contribution < -0.4 is 5.73 Å². The fraction of sp³-hybridized carbons (Fsp3) is 0.222. The Labute approximate surface area is 98.4 Å². The van der Waals surface area contributed by atoms with E-state index in [-0.39, 0.29) is 11.3 Å². The molecule has 0 aliphatic carbocycles. The molecule has 3 N–H and O–H groups in total. The van der Waals surface area contributed by atoms with Crippen LogP contribution in [-0.4, -0.2) is 38.1 Å². The average molecular weight is 260 g/mol. The van der Waals surface area contributed by atoms with E-state index in [0.717, 1.165) is 26.3 Å². The summed E-state index contributed by atoms with van der Waals surface area (Å²) in [4.78, 5) is 15.1. The monoisotopic (exact) mass is 260 g/mol. The molecule has 1 aromatic rings. The first kappa shape index (κ1) is 13.4. The number of carbonyl (C=O) groups is 1. The van der Waals surface area contributed by atoms with E-state index in [1.165, 1.54) is 6.07 Å². The van der Waals surface area contributed by atoms with Crippen molar-refractivity contribution < 1.29 is 23.2 Å². The molecule has 0 aliphatic heterocycles. The number of carboxylic acid groups (broad SMARTS) is 1. The fourth-order valence-corrected chi connectivity index (χ4v) is 2.36. The Morgan fingerprint density at radius 3 is 2.53 bits per heavy atom. The molecular weight excluding hydrogens is 248 g/mol. The molecule has 0 atom stereocenters. The number of hydroxylamine groups is 1. The third-order valence-corrected chi connectivity index (χ3v) is 3.83. The molecule has 0 aliphatic rings. The van der Waals surface area contributed by atoms with Gasteiger partial charge in [-0.15, -0.1) is 0 Å². The SMILES string of the molecule is CON(C)S(=O)(=O)c1cc(N)ccc1C(=O)O. The fourth-order valence-electron chi connectivity index (χ4n) is 1.17. The number of hydrogen-bond acceptors (Lipinski definition) is 5. The highest BCUT2D eigenvalue weighted by Gasteiger charge is 2.27. The predicted octanol–water partition coefficient (Wildman–Crippen LogP) is 0.149. The first-order chi connectivity index (χ1) is 7.80. The van der Waals surface area contributed by atoms with Crippen molar-refractivity contribution in [3.63, 3.8) is 0 Å². The number of nitrogens with zero attached hydrogens (tertiary/aromatic N) is 1. The Balaban J connectivity index is 3.49. The first-order valence-corrected chi connectivity index (χ1v) is 5.90. The molecule has 0 saturated heterocycles. The number of anilines is 1. The molecule has 1 rings (SSSR count). The highest BCUT2D eigenvalue weighted by molar-refractivity contribution is 7.89. The number of rotatable bonds is 4. The molecule has 94 valence electrons. The van der Waals surface area contributed by atoms with Crippen molar-refractivity contribution in [1.82, 2.24) is 4.47 Å². The number of aromatic carboxylic acids is 1. The molecule has 0 saturated carbocycles. The van der Waals surface area contributed by atoms with Gasteiger partial charge in [0.15, 0.2) is 0 Å². The molecular formula is C9H12N2O5S. The van der Waals surface area contributed by atoms with Crippen LogP contribution in [0, 0.1) is 0 Å². The minimum atomic E-state index is -4.04. The minimum Gasteiger partial charge on any atom is -0.478 e. The lowest BCUT2D eigenvalue weighted by molar-refractivity contribution is -0.0259. The van der Waals surface area contributed by atoms with Gasteiger partial charge in [0.2, 0.25) is 0 Å². The van der Waals surface area contributed by atoms with Crippen molar-refractivity contribution in [2.24, 2.45) is 0 Å². The van der Waals surface area contributed by atoms with Crippen LogP contribution in [0.5, 0.6) is 0 Å². The van der Waals surface area contributed by atoms with E-state index in [4.69, 9.17) is 10.8 Å². The van der Waals surface area contributed by atoms with E-state index < -0.39 is 20.9 Å². The van der Waals surface area contributed by atoms with E-state index in [1.807, 2.05) is 0 Å². The summed E-state index contributed by atoms with van der Waals surface area (Å²) in [6.45, 7) is 0. The van der Waals surface area contributed by atoms with Crippen molar-refractivity contribution in [3.05, 3.63) is 23.8 Å². The lowest BCUT2D eigenvalue weighted by atomic mass is 10.2. The van der Waals surface area contributed by atoms with Gasteiger partial charge >= 0.3 is 5.97 Å². The van der Waals surface area contributed by atoms with Gasteiger partial charge < -0.3 is 10.8 Å². The van der Waals surface area contributed by atoms with Crippen LogP contribution in [0.25, 0.3) is 0 Å². The van der Waals surface area contributed by atoms with Crippen LogP contribution in [-0.2, 0) is 14.9 Å². The Morgan fingerprint density at radius 1 is 1.47 bits per heavy atom. The van der Waals surface area contributed by atoms with E-state index in [9.17, 15) is 13.2 Å². The van der Waals surface area contributed by atoms with Gasteiger partial charge in [-0.25, -0.2) is 13.2 Å². The molecule has 0 fully saturated rings. The predicted molar refractivity (Wildman–Crippen MR) is 59.8 cm³/mol. The van der Waals surface area contributed by atoms with Crippen molar-refractivity contribution in [1.29, 1.82) is 0 Å². The van der Waals surface area contributed by atoms with Crippen LogP contribution >= 0.6 is 0 Å². The Bertz CT molecular complexity index is 540. The lowest BCUT2D eigenvalue weighted by Crippen LogP contribution is -2.27. The second-order valence-corrected chi connectivity index (χ2v) is 5.06. The summed E-state index contributed by atoms with van der Waals surface area (Å²) in [6.07, 6.45) is 0. The van der Waals surface area contributed by atoms with Crippen molar-refractivity contribution in [3.8, 4) is 0 Å². The van der Waals surface area contributed by atoms with E-state index >= 15 is 0 Å². The van der Waals surface area contributed by atoms with Crippen molar-refractivity contribution in [2.75, 3.05) is 19.9 Å². The highest BCUT2D eigenvalue weighted by Crippen LogP contribution is 2.22. The van der Waals surface area contributed by atoms with Crippen LogP contribution in [0.4, 0.5) is 5.69 Å². The van der Waals surface area contributed by atoms with Crippen molar-refractivity contribution in [2.45, 2.75) is 4.90 Å². The van der Waals surface area contributed by atoms with Crippen LogP contribution in [0.3, 0.4) is 0 Å². The summed E-state index contributed by atoms with van der Waals surface area (Å²) < 4.78 is 24.4. The number of nitrogens with two attached hydrogens (primary N) is 1. The van der Waals surface area contributed by atoms with Gasteiger partial charge in [-0.3, -0.25) is 4.84 Å². The Hall–Kier alpha value is -1.64. The van der Waals surface area contributed by atoms with Gasteiger partial charge in [0.05, 0.1) is 12.7 Å². The molecule has 0 unspecified atom stereocenters. The number of sulfonamides is 1. The normalized spacial score (nSPS) is 11.7. The molecule has 0 aromatic heterocycles. The molecule has 0 radical (unpaired) electrons. The molecule has 8 heteroatoms. The van der Waals surface area contributed by atoms with Gasteiger partial charge in [-0.05, 0) is 18.2 Å². The average Bonchev–Trinajstić information content (AvgIpc) is 2.27. The summed E-state index contributed by atoms with van der Waals surface area (Å²) in [5.41, 5.74) is 5.24. The van der Waals surface area contributed by atoms with Gasteiger partial charge in [0.1, 0.15) is 4.90 Å². The quantitative estimate of drug-likeness (QED) is 0.589. The molecule has 7 nitrogen and oxygen atoms in total. The van der Waals surface area contributed by atoms with Crippen LogP contribution in [0.1, 0.15) is 10.4 Å². The maximum Gasteiger partial charge on any atom is 0.337 e. The zero-order valence-corrected chi connectivity index (χ0v) is 10.1. The zero-order chi connectivity index (χ0) is 13.2. The van der Waals surface area contributed by atoms with Crippen LogP contribution in [0.15, 0.2) is 23.1 Å². The third kappa shape index (κ3) is 2.54. The summed E-state index contributed by atoms with van der Waals surface area (Å²) in [5, 5.41) is 8.91. The molecule has 0 amide bonds. The second-order valence-electron chi connectivity index (χ2n) is 3.16. The Morgan fingerprint density at radius 2 is 2.06 bits per heavy atom. The summed E-state index contributed by atoms with van der Waals surface area (Å²) in [5.74, 6) is -1.35. The van der Waals surface area contributed by atoms with Gasteiger partial charge in [-0.2, -0.15) is 0 Å². The molecule has 0 heterocycles. The summed E-state index contributed by atoms with van der Waals surface area (Å²) in [6, 6.07) is 3.53. The first-order valence-electron chi connectivity index (χ1n) is 4.46. The maximum absolute atomic E-state index is 11.9. The van der Waals surface area contributed by atoms with Gasteiger partial charge in [-0.1, -0.05) is 4.47 Å². The van der Waals surface area contributed by atoms with Crippen LogP contribution in [0.2, 0.25) is 0 Å². The minimum absolute atomic E-state index is 0.151. The number of hydrogen-bond donors (Lipinski definition) is 2. The second kappa shape index (κ2) is 4.70. The maximum atomic E-state index is 11.9. The highest BCUT2D eigenvalue weighted by atomic mass is 32.2. The number of benzene rings is 1. The Kier molecular flexibility index (Phi) is 3.71. The summed E-state index contributed by atoms with van der Waals surface area (Å²) in [7, 11) is -1.72. The molecule has 0 spiro atoms. The van der Waals surface area contributed by atoms with E-state index in [1.54, 1.807) is 0 Å². The third-order valence-electron chi connectivity index (χ3n) is 2.11. The summed E-state index contributed by atoms with van der Waals surface area (Å²) >= 11 is 0. The number of carboxylic acids is 1. The van der Waals surface area contributed by atoms with Gasteiger partial charge in [0, 0.05) is 12.7 Å². The molecule has 1 aromatic carbocycles. The molecule has 0 bridgehead atoms. The van der Waals surface area contributed by atoms with Crippen molar-refractivity contribution >= 4 is 21.7 Å². The standard InChI is InChI=1S/C9H12N2O5S/c1-11(16-2)17(14,15)8-5-6(10)3-4-7(8)9(12)13/h3-5H,10H2,1-2H3,(H,12,13). The topological polar surface area (TPSA) is 110 Å². The van der Waals surface area contributed by atoms with E-state index in [0.29, 0.717) is 4.47 Å². The molecule has 17 heavy (non-hydrogen) atoms. The van der Waals surface area contributed by atoms with Gasteiger partial charge in [0.25, 0.3) is 10.0 Å². The zero-order valence-electron chi connectivity index (χ0n) is 9.25. The lowest BCUT2D eigenvalue weighted by Gasteiger charge is -2.15. The number of nitrogen functional groups attached to an aromatic ring is 1.